The minimum atomic E-state index is -3.55. The highest BCUT2D eigenvalue weighted by Gasteiger charge is 2.23. The van der Waals surface area contributed by atoms with E-state index in [0.717, 1.165) is 11.1 Å². The number of nitrogens with zero attached hydrogens (tertiary/aromatic N) is 1. The topological polar surface area (TPSA) is 55.8 Å². The van der Waals surface area contributed by atoms with Crippen molar-refractivity contribution in [2.24, 2.45) is 0 Å². The first-order valence-electron chi connectivity index (χ1n) is 8.13. The van der Waals surface area contributed by atoms with E-state index in [2.05, 4.69) is 20.8 Å². The highest BCUT2D eigenvalue weighted by atomic mass is 32.2. The molecule has 0 bridgehead atoms. The van der Waals surface area contributed by atoms with Crippen molar-refractivity contribution in [1.82, 2.24) is 4.31 Å². The predicted octanol–water partition coefficient (Wildman–Crippen LogP) is 3.53. The Kier molecular flexibility index (Phi) is 4.51. The largest absolute Gasteiger partial charge is 0.454 e. The van der Waals surface area contributed by atoms with E-state index in [1.165, 1.54) is 4.31 Å². The molecule has 0 radical (unpaired) electrons. The van der Waals surface area contributed by atoms with Crippen LogP contribution in [-0.2, 0) is 22.0 Å². The van der Waals surface area contributed by atoms with Crippen LogP contribution in [0, 0.1) is 0 Å². The highest BCUT2D eigenvalue weighted by molar-refractivity contribution is 7.89. The molecule has 0 fully saturated rings. The third kappa shape index (κ3) is 3.65. The Morgan fingerprint density at radius 3 is 2.28 bits per heavy atom. The van der Waals surface area contributed by atoms with Crippen LogP contribution in [0.15, 0.2) is 47.4 Å². The number of fused-ring (bicyclic) bond motifs is 1. The summed E-state index contributed by atoms with van der Waals surface area (Å²) in [6, 6.07) is 12.6. The summed E-state index contributed by atoms with van der Waals surface area (Å²) in [5.74, 6) is 1.34. The van der Waals surface area contributed by atoms with E-state index < -0.39 is 10.0 Å². The van der Waals surface area contributed by atoms with Gasteiger partial charge in [-0.1, -0.05) is 39.0 Å². The molecule has 134 valence electrons. The Morgan fingerprint density at radius 2 is 1.64 bits per heavy atom. The second kappa shape index (κ2) is 6.35. The molecule has 0 spiro atoms. The molecule has 1 heterocycles. The molecular formula is C19H23NO4S. The maximum atomic E-state index is 12.8. The van der Waals surface area contributed by atoms with Gasteiger partial charge in [-0.2, -0.15) is 4.31 Å². The third-order valence-corrected chi connectivity index (χ3v) is 6.09. The predicted molar refractivity (Wildman–Crippen MR) is 96.4 cm³/mol. The molecule has 5 nitrogen and oxygen atoms in total. The smallest absolute Gasteiger partial charge is 0.243 e. The van der Waals surface area contributed by atoms with Crippen molar-refractivity contribution in [2.45, 2.75) is 37.6 Å². The molecule has 1 aliphatic heterocycles. The SMILES string of the molecule is CN(Cc1ccc2c(c1)OCO2)S(=O)(=O)c1ccc(C(C)(C)C)cc1. The van der Waals surface area contributed by atoms with Gasteiger partial charge in [0.25, 0.3) is 0 Å². The Labute approximate surface area is 149 Å². The summed E-state index contributed by atoms with van der Waals surface area (Å²) in [5.41, 5.74) is 1.94. The summed E-state index contributed by atoms with van der Waals surface area (Å²) < 4.78 is 37.6. The lowest BCUT2D eigenvalue weighted by Crippen LogP contribution is -2.26. The van der Waals surface area contributed by atoms with Crippen molar-refractivity contribution in [3.05, 3.63) is 53.6 Å². The third-order valence-electron chi connectivity index (χ3n) is 4.27. The molecule has 25 heavy (non-hydrogen) atoms. The monoisotopic (exact) mass is 361 g/mol. The van der Waals surface area contributed by atoms with Crippen molar-refractivity contribution in [2.75, 3.05) is 13.8 Å². The first-order valence-corrected chi connectivity index (χ1v) is 9.57. The molecule has 0 saturated carbocycles. The van der Waals surface area contributed by atoms with Crippen LogP contribution in [0.4, 0.5) is 0 Å². The van der Waals surface area contributed by atoms with Crippen LogP contribution in [0.2, 0.25) is 0 Å². The van der Waals surface area contributed by atoms with E-state index in [0.29, 0.717) is 16.4 Å². The second-order valence-electron chi connectivity index (χ2n) is 7.22. The van der Waals surface area contributed by atoms with Crippen LogP contribution in [0.25, 0.3) is 0 Å². The molecule has 2 aromatic rings. The molecule has 0 atom stereocenters. The van der Waals surface area contributed by atoms with Crippen molar-refractivity contribution in [1.29, 1.82) is 0 Å². The Bertz CT molecular complexity index is 867. The zero-order valence-corrected chi connectivity index (χ0v) is 15.8. The summed E-state index contributed by atoms with van der Waals surface area (Å²) in [7, 11) is -1.97. The fraction of sp³-hybridized carbons (Fsp3) is 0.368. The highest BCUT2D eigenvalue weighted by Crippen LogP contribution is 2.33. The van der Waals surface area contributed by atoms with Crippen molar-refractivity contribution in [3.8, 4) is 11.5 Å². The molecule has 2 aromatic carbocycles. The van der Waals surface area contributed by atoms with Crippen molar-refractivity contribution < 1.29 is 17.9 Å². The Morgan fingerprint density at radius 1 is 1.00 bits per heavy atom. The fourth-order valence-corrected chi connectivity index (χ4v) is 3.85. The lowest BCUT2D eigenvalue weighted by molar-refractivity contribution is 0.174. The first-order chi connectivity index (χ1) is 11.7. The summed E-state index contributed by atoms with van der Waals surface area (Å²) >= 11 is 0. The zero-order chi connectivity index (χ0) is 18.2. The van der Waals surface area contributed by atoms with Gasteiger partial charge in [-0.05, 0) is 40.8 Å². The van der Waals surface area contributed by atoms with Crippen LogP contribution in [0.3, 0.4) is 0 Å². The van der Waals surface area contributed by atoms with E-state index >= 15 is 0 Å². The molecule has 0 N–H and O–H groups in total. The van der Waals surface area contributed by atoms with Gasteiger partial charge in [-0.3, -0.25) is 0 Å². The van der Waals surface area contributed by atoms with Gasteiger partial charge in [0, 0.05) is 13.6 Å². The Balaban J connectivity index is 1.79. The number of benzene rings is 2. The average molecular weight is 361 g/mol. The molecule has 0 saturated heterocycles. The quantitative estimate of drug-likeness (QED) is 0.836. The van der Waals surface area contributed by atoms with Crippen molar-refractivity contribution >= 4 is 10.0 Å². The summed E-state index contributed by atoms with van der Waals surface area (Å²) in [6.45, 7) is 6.76. The summed E-state index contributed by atoms with van der Waals surface area (Å²) in [6.07, 6.45) is 0. The van der Waals surface area contributed by atoms with Crippen molar-refractivity contribution in [3.63, 3.8) is 0 Å². The minimum Gasteiger partial charge on any atom is -0.454 e. The van der Waals surface area contributed by atoms with Gasteiger partial charge in [0.15, 0.2) is 11.5 Å². The van der Waals surface area contributed by atoms with E-state index in [-0.39, 0.29) is 18.8 Å². The molecule has 0 amide bonds. The number of ether oxygens (including phenoxy) is 2. The molecule has 0 unspecified atom stereocenters. The molecule has 3 rings (SSSR count). The number of rotatable bonds is 4. The normalized spacial score (nSPS) is 14.1. The van der Waals surface area contributed by atoms with Gasteiger partial charge < -0.3 is 9.47 Å². The van der Waals surface area contributed by atoms with Crippen LogP contribution in [0.1, 0.15) is 31.9 Å². The summed E-state index contributed by atoms with van der Waals surface area (Å²) in [5, 5.41) is 0. The van der Waals surface area contributed by atoms with E-state index in [4.69, 9.17) is 9.47 Å². The maximum absolute atomic E-state index is 12.8. The van der Waals surface area contributed by atoms with E-state index in [1.807, 2.05) is 24.3 Å². The molecule has 0 aliphatic carbocycles. The van der Waals surface area contributed by atoms with Crippen LogP contribution < -0.4 is 9.47 Å². The molecule has 6 heteroatoms. The minimum absolute atomic E-state index is 0.0132. The van der Waals surface area contributed by atoms with Crippen LogP contribution in [-0.4, -0.2) is 26.6 Å². The number of hydrogen-bond acceptors (Lipinski definition) is 4. The first kappa shape index (κ1) is 17.8. The lowest BCUT2D eigenvalue weighted by atomic mass is 9.87. The number of sulfonamides is 1. The fourth-order valence-electron chi connectivity index (χ4n) is 2.69. The Hall–Kier alpha value is -2.05. The molecular weight excluding hydrogens is 338 g/mol. The average Bonchev–Trinajstić information content (AvgIpc) is 3.01. The van der Waals surface area contributed by atoms with E-state index in [9.17, 15) is 8.42 Å². The standard InChI is InChI=1S/C19H23NO4S/c1-19(2,3)15-6-8-16(9-7-15)25(21,22)20(4)12-14-5-10-17-18(11-14)24-13-23-17/h5-11H,12-13H2,1-4H3. The van der Waals surface area contributed by atoms with Gasteiger partial charge in [0.2, 0.25) is 16.8 Å². The maximum Gasteiger partial charge on any atom is 0.243 e. The molecule has 1 aliphatic rings. The van der Waals surface area contributed by atoms with Crippen LogP contribution in [0.5, 0.6) is 11.5 Å². The van der Waals surface area contributed by atoms with Gasteiger partial charge in [0.1, 0.15) is 0 Å². The van der Waals surface area contributed by atoms with Crippen LogP contribution >= 0.6 is 0 Å². The van der Waals surface area contributed by atoms with Gasteiger partial charge >= 0.3 is 0 Å². The lowest BCUT2D eigenvalue weighted by Gasteiger charge is -2.21. The van der Waals surface area contributed by atoms with E-state index in [1.54, 1.807) is 25.2 Å². The zero-order valence-electron chi connectivity index (χ0n) is 14.9. The molecule has 0 aromatic heterocycles. The summed E-state index contributed by atoms with van der Waals surface area (Å²) in [4.78, 5) is 0.295. The van der Waals surface area contributed by atoms with Gasteiger partial charge in [-0.15, -0.1) is 0 Å². The van der Waals surface area contributed by atoms with Gasteiger partial charge in [-0.25, -0.2) is 8.42 Å². The van der Waals surface area contributed by atoms with Gasteiger partial charge in [0.05, 0.1) is 4.90 Å². The number of hydrogen-bond donors (Lipinski definition) is 0. The second-order valence-corrected chi connectivity index (χ2v) is 9.27.